The molecule has 6 heteroatoms. The molecule has 14 heavy (non-hydrogen) atoms. The molecule has 5 nitrogen and oxygen atoms in total. The van der Waals surface area contributed by atoms with Crippen LogP contribution in [-0.2, 0) is 0 Å². The number of hydrogen-bond acceptors (Lipinski definition) is 3. The predicted molar refractivity (Wildman–Crippen MR) is 51.9 cm³/mol. The zero-order chi connectivity index (χ0) is 10.6. The van der Waals surface area contributed by atoms with Crippen LogP contribution in [0.4, 0.5) is 4.79 Å². The average molecular weight is 215 g/mol. The number of aromatic hydroxyl groups is 1. The van der Waals surface area contributed by atoms with Gasteiger partial charge in [-0.3, -0.25) is 0 Å². The van der Waals surface area contributed by atoms with Gasteiger partial charge in [0.25, 0.3) is 0 Å². The Bertz CT molecular complexity index is 379. The lowest BCUT2D eigenvalue weighted by molar-refractivity contribution is 0.195. The van der Waals surface area contributed by atoms with Crippen LogP contribution in [0.1, 0.15) is 5.56 Å². The quantitative estimate of drug-likeness (QED) is 0.517. The number of halogens is 1. The van der Waals surface area contributed by atoms with Crippen molar-refractivity contribution in [2.75, 3.05) is 0 Å². The van der Waals surface area contributed by atoms with Crippen LogP contribution in [0.15, 0.2) is 23.3 Å². The van der Waals surface area contributed by atoms with Gasteiger partial charge in [0, 0.05) is 10.6 Å². The molecule has 1 amide bonds. The highest BCUT2D eigenvalue weighted by Gasteiger charge is 1.98. The van der Waals surface area contributed by atoms with E-state index in [1.165, 1.54) is 18.2 Å². The fourth-order valence-corrected chi connectivity index (χ4v) is 0.966. The molecule has 0 unspecified atom stereocenters. The average Bonchev–Trinajstić information content (AvgIpc) is 2.10. The van der Waals surface area contributed by atoms with Crippen LogP contribution >= 0.6 is 11.6 Å². The van der Waals surface area contributed by atoms with E-state index in [0.29, 0.717) is 10.6 Å². The maximum atomic E-state index is 10.0. The van der Waals surface area contributed by atoms with Gasteiger partial charge in [0.15, 0.2) is 0 Å². The highest BCUT2D eigenvalue weighted by molar-refractivity contribution is 6.30. The molecular weight excluding hydrogens is 208 g/mol. The molecule has 0 aliphatic carbocycles. The van der Waals surface area contributed by atoms with Gasteiger partial charge in [-0.15, -0.1) is 0 Å². The second kappa shape index (κ2) is 4.48. The van der Waals surface area contributed by atoms with E-state index in [1.54, 1.807) is 5.43 Å². The molecule has 0 saturated carbocycles. The summed E-state index contributed by atoms with van der Waals surface area (Å²) in [5, 5.41) is 21.3. The van der Waals surface area contributed by atoms with Gasteiger partial charge in [-0.05, 0) is 18.2 Å². The van der Waals surface area contributed by atoms with Crippen molar-refractivity contribution in [3.05, 3.63) is 28.8 Å². The molecule has 1 aromatic rings. The van der Waals surface area contributed by atoms with Crippen LogP contribution in [0.25, 0.3) is 0 Å². The molecule has 0 aliphatic rings. The predicted octanol–water partition coefficient (Wildman–Crippen LogP) is 1.65. The van der Waals surface area contributed by atoms with E-state index in [0.717, 1.165) is 6.21 Å². The maximum Gasteiger partial charge on any atom is 0.425 e. The van der Waals surface area contributed by atoms with Gasteiger partial charge in [-0.2, -0.15) is 5.10 Å². The molecule has 0 fully saturated rings. The van der Waals surface area contributed by atoms with E-state index in [2.05, 4.69) is 5.10 Å². The van der Waals surface area contributed by atoms with Gasteiger partial charge in [0.1, 0.15) is 5.75 Å². The molecule has 0 aliphatic heterocycles. The number of amides is 1. The van der Waals surface area contributed by atoms with Gasteiger partial charge in [0.05, 0.1) is 6.21 Å². The van der Waals surface area contributed by atoms with E-state index in [4.69, 9.17) is 16.7 Å². The molecule has 1 aromatic carbocycles. The van der Waals surface area contributed by atoms with Gasteiger partial charge in [0.2, 0.25) is 0 Å². The largest absolute Gasteiger partial charge is 0.507 e. The minimum Gasteiger partial charge on any atom is -0.507 e. The molecule has 1 rings (SSSR count). The van der Waals surface area contributed by atoms with E-state index in [9.17, 15) is 9.90 Å². The summed E-state index contributed by atoms with van der Waals surface area (Å²) < 4.78 is 0. The fraction of sp³-hybridized carbons (Fsp3) is 0. The van der Waals surface area contributed by atoms with Crippen LogP contribution in [0.2, 0.25) is 5.02 Å². The van der Waals surface area contributed by atoms with Crippen LogP contribution in [0, 0.1) is 0 Å². The Balaban J connectivity index is 2.80. The monoisotopic (exact) mass is 214 g/mol. The van der Waals surface area contributed by atoms with E-state index in [1.807, 2.05) is 0 Å². The number of carbonyl (C=O) groups is 1. The molecule has 0 saturated heterocycles. The zero-order valence-corrected chi connectivity index (χ0v) is 7.69. The number of phenols is 1. The Kier molecular flexibility index (Phi) is 3.30. The number of hydrogen-bond donors (Lipinski definition) is 3. The molecule has 74 valence electrons. The Morgan fingerprint density at radius 3 is 2.93 bits per heavy atom. The van der Waals surface area contributed by atoms with Gasteiger partial charge >= 0.3 is 6.09 Å². The Morgan fingerprint density at radius 2 is 2.29 bits per heavy atom. The van der Waals surface area contributed by atoms with Crippen LogP contribution in [-0.4, -0.2) is 22.5 Å². The summed E-state index contributed by atoms with van der Waals surface area (Å²) in [7, 11) is 0. The van der Waals surface area contributed by atoms with Crippen molar-refractivity contribution >= 4 is 23.9 Å². The van der Waals surface area contributed by atoms with Crippen molar-refractivity contribution < 1.29 is 15.0 Å². The number of phenolic OH excluding ortho intramolecular Hbond substituents is 1. The highest BCUT2D eigenvalue weighted by Crippen LogP contribution is 2.19. The summed E-state index contributed by atoms with van der Waals surface area (Å²) in [5.74, 6) is -0.0228. The van der Waals surface area contributed by atoms with Crippen LogP contribution in [0.5, 0.6) is 5.75 Å². The molecule has 0 aromatic heterocycles. The summed E-state index contributed by atoms with van der Waals surface area (Å²) in [6.45, 7) is 0. The number of nitrogens with zero attached hydrogens (tertiary/aromatic N) is 1. The number of hydrazone groups is 1. The zero-order valence-electron chi connectivity index (χ0n) is 6.94. The fourth-order valence-electron chi connectivity index (χ4n) is 0.786. The lowest BCUT2D eigenvalue weighted by Crippen LogP contribution is -2.13. The lowest BCUT2D eigenvalue weighted by atomic mass is 10.2. The van der Waals surface area contributed by atoms with Gasteiger partial charge in [-0.25, -0.2) is 10.2 Å². The van der Waals surface area contributed by atoms with Crippen molar-refractivity contribution in [2.24, 2.45) is 5.10 Å². The summed E-state index contributed by atoms with van der Waals surface area (Å²) in [6.07, 6.45) is -0.113. The first kappa shape index (κ1) is 10.3. The summed E-state index contributed by atoms with van der Waals surface area (Å²) >= 11 is 5.65. The first-order chi connectivity index (χ1) is 6.59. The van der Waals surface area contributed by atoms with Gasteiger partial charge in [-0.1, -0.05) is 11.6 Å². The second-order valence-electron chi connectivity index (χ2n) is 2.38. The maximum absolute atomic E-state index is 10.0. The van der Waals surface area contributed by atoms with Crippen LogP contribution in [0.3, 0.4) is 0 Å². The lowest BCUT2D eigenvalue weighted by Gasteiger charge is -1.98. The Hall–Kier alpha value is -1.75. The smallest absolute Gasteiger partial charge is 0.425 e. The third-order valence-corrected chi connectivity index (χ3v) is 1.59. The summed E-state index contributed by atoms with van der Waals surface area (Å²) in [5.41, 5.74) is 2.11. The Morgan fingerprint density at radius 1 is 1.57 bits per heavy atom. The molecule has 3 N–H and O–H groups in total. The highest BCUT2D eigenvalue weighted by atomic mass is 35.5. The minimum absolute atomic E-state index is 0.0228. The number of rotatable bonds is 2. The summed E-state index contributed by atoms with van der Waals surface area (Å²) in [4.78, 5) is 10.0. The topological polar surface area (TPSA) is 81.9 Å². The summed E-state index contributed by atoms with van der Waals surface area (Å²) in [6, 6.07) is 4.37. The van der Waals surface area contributed by atoms with Crippen molar-refractivity contribution in [3.63, 3.8) is 0 Å². The van der Waals surface area contributed by atoms with E-state index in [-0.39, 0.29) is 5.75 Å². The molecule has 0 heterocycles. The van der Waals surface area contributed by atoms with Crippen LogP contribution < -0.4 is 5.43 Å². The van der Waals surface area contributed by atoms with Gasteiger partial charge < -0.3 is 10.2 Å². The molecule has 0 spiro atoms. The molecule has 0 bridgehead atoms. The van der Waals surface area contributed by atoms with Crippen molar-refractivity contribution in [1.82, 2.24) is 5.43 Å². The number of nitrogens with one attached hydrogen (secondary N) is 1. The Labute approximate surface area is 84.6 Å². The SMILES string of the molecule is O=C(O)N/N=C\c1cc(Cl)ccc1O. The molecular formula is C8H7ClN2O3. The van der Waals surface area contributed by atoms with Crippen molar-refractivity contribution in [2.45, 2.75) is 0 Å². The third kappa shape index (κ3) is 2.95. The molecule has 0 atom stereocenters. The number of carboxylic acid groups (broad SMARTS) is 1. The second-order valence-corrected chi connectivity index (χ2v) is 2.81. The minimum atomic E-state index is -1.28. The van der Waals surface area contributed by atoms with Crippen molar-refractivity contribution in [3.8, 4) is 5.75 Å². The number of benzene rings is 1. The van der Waals surface area contributed by atoms with Crippen molar-refractivity contribution in [1.29, 1.82) is 0 Å². The normalized spacial score (nSPS) is 10.4. The van der Waals surface area contributed by atoms with E-state index >= 15 is 0 Å². The first-order valence-corrected chi connectivity index (χ1v) is 3.98. The molecule has 0 radical (unpaired) electrons. The first-order valence-electron chi connectivity index (χ1n) is 3.60. The van der Waals surface area contributed by atoms with E-state index < -0.39 is 6.09 Å². The standard InChI is InChI=1S/C8H7ClN2O3/c9-6-1-2-7(12)5(3-6)4-10-11-8(13)14/h1-4,11-12H,(H,13,14)/b10-4-. The third-order valence-electron chi connectivity index (χ3n) is 1.35.